The van der Waals surface area contributed by atoms with Crippen LogP contribution in [0.5, 0.6) is 0 Å². The zero-order valence-corrected chi connectivity index (χ0v) is 13.8. The number of carbonyl (C=O) groups is 1. The number of non-ortho nitro benzene ring substituents is 1. The van der Waals surface area contributed by atoms with Gasteiger partial charge in [0.2, 0.25) is 0 Å². The number of nitro benzene ring substituents is 1. The molecule has 0 saturated heterocycles. The SMILES string of the molecule is COC(=O)[C@H](CSc1ccc([N+](=O)[O-])cc1)N=Cc1ccccc1. The summed E-state index contributed by atoms with van der Waals surface area (Å²) in [6.07, 6.45) is 1.64. The van der Waals surface area contributed by atoms with Gasteiger partial charge in [-0.15, -0.1) is 11.8 Å². The molecule has 1 atom stereocenters. The van der Waals surface area contributed by atoms with Crippen molar-refractivity contribution >= 4 is 29.6 Å². The molecule has 0 aromatic heterocycles. The van der Waals surface area contributed by atoms with E-state index in [-0.39, 0.29) is 5.69 Å². The highest BCUT2D eigenvalue weighted by molar-refractivity contribution is 7.99. The van der Waals surface area contributed by atoms with Crippen LogP contribution in [0.2, 0.25) is 0 Å². The molecule has 6 nitrogen and oxygen atoms in total. The van der Waals surface area contributed by atoms with Crippen LogP contribution >= 0.6 is 11.8 Å². The predicted octanol–water partition coefficient (Wildman–Crippen LogP) is 3.35. The second-order valence-corrected chi connectivity index (χ2v) is 5.88. The molecule has 0 aliphatic heterocycles. The van der Waals surface area contributed by atoms with Crippen molar-refractivity contribution in [3.8, 4) is 0 Å². The lowest BCUT2D eigenvalue weighted by Gasteiger charge is -2.09. The second-order valence-electron chi connectivity index (χ2n) is 4.79. The lowest BCUT2D eigenvalue weighted by atomic mass is 10.2. The largest absolute Gasteiger partial charge is 0.467 e. The van der Waals surface area contributed by atoms with Crippen LogP contribution in [-0.4, -0.2) is 36.0 Å². The molecule has 0 aliphatic rings. The second kappa shape index (κ2) is 8.83. The predicted molar refractivity (Wildman–Crippen MR) is 93.7 cm³/mol. The van der Waals surface area contributed by atoms with Crippen molar-refractivity contribution in [2.45, 2.75) is 10.9 Å². The van der Waals surface area contributed by atoms with Crippen LogP contribution in [0.4, 0.5) is 5.69 Å². The van der Waals surface area contributed by atoms with Crippen molar-refractivity contribution in [1.82, 2.24) is 0 Å². The molecule has 0 radical (unpaired) electrons. The number of carbonyl (C=O) groups excluding carboxylic acids is 1. The fraction of sp³-hybridized carbons (Fsp3) is 0.176. The van der Waals surface area contributed by atoms with Crippen LogP contribution in [0.1, 0.15) is 5.56 Å². The maximum Gasteiger partial charge on any atom is 0.331 e. The minimum Gasteiger partial charge on any atom is -0.467 e. The lowest BCUT2D eigenvalue weighted by molar-refractivity contribution is -0.384. The molecule has 0 heterocycles. The standard InChI is InChI=1S/C17H16N2O4S/c1-23-17(20)16(18-11-13-5-3-2-4-6-13)12-24-15-9-7-14(8-10-15)19(21)22/h2-11,16H,12H2,1H3/t16-/m0/s1. The zero-order chi connectivity index (χ0) is 17.4. The van der Waals surface area contributed by atoms with Crippen molar-refractivity contribution in [2.24, 2.45) is 4.99 Å². The number of methoxy groups -OCH3 is 1. The van der Waals surface area contributed by atoms with Crippen molar-refractivity contribution in [1.29, 1.82) is 0 Å². The highest BCUT2D eigenvalue weighted by Crippen LogP contribution is 2.23. The molecular formula is C17H16N2O4S. The number of benzene rings is 2. The lowest BCUT2D eigenvalue weighted by Crippen LogP contribution is -2.23. The molecule has 24 heavy (non-hydrogen) atoms. The topological polar surface area (TPSA) is 81.8 Å². The van der Waals surface area contributed by atoms with E-state index in [0.717, 1.165) is 10.5 Å². The smallest absolute Gasteiger partial charge is 0.331 e. The third kappa shape index (κ3) is 5.20. The Labute approximate surface area is 143 Å². The zero-order valence-electron chi connectivity index (χ0n) is 13.0. The first-order valence-corrected chi connectivity index (χ1v) is 8.12. The quantitative estimate of drug-likeness (QED) is 0.253. The Bertz CT molecular complexity index is 717. The first-order chi connectivity index (χ1) is 11.6. The van der Waals surface area contributed by atoms with Gasteiger partial charge < -0.3 is 4.74 Å². The summed E-state index contributed by atoms with van der Waals surface area (Å²) in [5.41, 5.74) is 0.928. The summed E-state index contributed by atoms with van der Waals surface area (Å²) in [6.45, 7) is 0. The average Bonchev–Trinajstić information content (AvgIpc) is 2.62. The van der Waals surface area contributed by atoms with Gasteiger partial charge in [0.05, 0.1) is 12.0 Å². The fourth-order valence-corrected chi connectivity index (χ4v) is 2.76. The molecule has 124 valence electrons. The number of hydrogen-bond donors (Lipinski definition) is 0. The summed E-state index contributed by atoms with van der Waals surface area (Å²) >= 11 is 1.39. The molecule has 0 saturated carbocycles. The van der Waals surface area contributed by atoms with Gasteiger partial charge in [-0.05, 0) is 17.7 Å². The van der Waals surface area contributed by atoms with Crippen LogP contribution in [0.15, 0.2) is 64.5 Å². The van der Waals surface area contributed by atoms with Crippen LogP contribution in [0.25, 0.3) is 0 Å². The Morgan fingerprint density at radius 3 is 2.50 bits per heavy atom. The Hall–Kier alpha value is -2.67. The van der Waals surface area contributed by atoms with Gasteiger partial charge in [0, 0.05) is 29.0 Å². The molecule has 7 heteroatoms. The molecule has 2 aromatic carbocycles. The molecule has 2 rings (SSSR count). The Morgan fingerprint density at radius 2 is 1.92 bits per heavy atom. The fourth-order valence-electron chi connectivity index (χ4n) is 1.86. The number of aliphatic imine (C=N–C) groups is 1. The van der Waals surface area contributed by atoms with E-state index in [0.29, 0.717) is 5.75 Å². The highest BCUT2D eigenvalue weighted by Gasteiger charge is 2.18. The van der Waals surface area contributed by atoms with E-state index >= 15 is 0 Å². The third-order valence-electron chi connectivity index (χ3n) is 3.13. The van der Waals surface area contributed by atoms with E-state index in [1.165, 1.54) is 31.0 Å². The number of ether oxygens (including phenoxy) is 1. The van der Waals surface area contributed by atoms with Crippen LogP contribution in [0, 0.1) is 10.1 Å². The van der Waals surface area contributed by atoms with E-state index in [4.69, 9.17) is 4.74 Å². The molecule has 0 unspecified atom stereocenters. The van der Waals surface area contributed by atoms with E-state index in [2.05, 4.69) is 4.99 Å². The first-order valence-electron chi connectivity index (χ1n) is 7.13. The Balaban J connectivity index is 2.02. The van der Waals surface area contributed by atoms with E-state index < -0.39 is 16.9 Å². The van der Waals surface area contributed by atoms with Gasteiger partial charge in [0.15, 0.2) is 6.04 Å². The molecule has 0 amide bonds. The van der Waals surface area contributed by atoms with Gasteiger partial charge in [-0.25, -0.2) is 4.79 Å². The van der Waals surface area contributed by atoms with Gasteiger partial charge in [0.25, 0.3) is 5.69 Å². The van der Waals surface area contributed by atoms with E-state index in [9.17, 15) is 14.9 Å². The van der Waals surface area contributed by atoms with Gasteiger partial charge in [-0.2, -0.15) is 0 Å². The number of rotatable bonds is 7. The van der Waals surface area contributed by atoms with Crippen molar-refractivity contribution in [2.75, 3.05) is 12.9 Å². The molecule has 0 aliphatic carbocycles. The van der Waals surface area contributed by atoms with Gasteiger partial charge in [-0.1, -0.05) is 30.3 Å². The van der Waals surface area contributed by atoms with Crippen molar-refractivity contribution in [3.63, 3.8) is 0 Å². The number of nitro groups is 1. The Morgan fingerprint density at radius 1 is 1.25 bits per heavy atom. The van der Waals surface area contributed by atoms with Gasteiger partial charge >= 0.3 is 5.97 Å². The third-order valence-corrected chi connectivity index (χ3v) is 4.22. The van der Waals surface area contributed by atoms with Crippen LogP contribution in [0.3, 0.4) is 0 Å². The summed E-state index contributed by atoms with van der Waals surface area (Å²) in [4.78, 5) is 27.2. The molecule has 0 N–H and O–H groups in total. The minimum absolute atomic E-state index is 0.0333. The maximum absolute atomic E-state index is 11.9. The summed E-state index contributed by atoms with van der Waals surface area (Å²) in [7, 11) is 1.32. The van der Waals surface area contributed by atoms with Crippen molar-refractivity contribution < 1.29 is 14.5 Å². The Kier molecular flexibility index (Phi) is 6.51. The molecular weight excluding hydrogens is 328 g/mol. The highest BCUT2D eigenvalue weighted by atomic mass is 32.2. The maximum atomic E-state index is 11.9. The summed E-state index contributed by atoms with van der Waals surface area (Å²) in [5.74, 6) is -0.0371. The molecule has 0 bridgehead atoms. The number of nitrogens with zero attached hydrogens (tertiary/aromatic N) is 2. The van der Waals surface area contributed by atoms with E-state index in [1.807, 2.05) is 30.3 Å². The molecule has 0 fully saturated rings. The first kappa shape index (κ1) is 17.7. The minimum atomic E-state index is -0.643. The number of thioether (sulfide) groups is 1. The summed E-state index contributed by atoms with van der Waals surface area (Å²) in [5, 5.41) is 10.6. The molecule has 2 aromatic rings. The monoisotopic (exact) mass is 344 g/mol. The van der Waals surface area contributed by atoms with Gasteiger partial charge in [-0.3, -0.25) is 15.1 Å². The average molecular weight is 344 g/mol. The van der Waals surface area contributed by atoms with E-state index in [1.54, 1.807) is 18.3 Å². The molecule has 0 spiro atoms. The van der Waals surface area contributed by atoms with Gasteiger partial charge in [0.1, 0.15) is 0 Å². The van der Waals surface area contributed by atoms with Crippen LogP contribution < -0.4 is 0 Å². The number of esters is 1. The summed E-state index contributed by atoms with van der Waals surface area (Å²) in [6, 6.07) is 15.0. The number of hydrogen-bond acceptors (Lipinski definition) is 6. The van der Waals surface area contributed by atoms with Crippen molar-refractivity contribution in [3.05, 3.63) is 70.3 Å². The van der Waals surface area contributed by atoms with Crippen LogP contribution in [-0.2, 0) is 9.53 Å². The normalized spacial score (nSPS) is 12.0. The summed E-state index contributed by atoms with van der Waals surface area (Å²) < 4.78 is 4.78.